The van der Waals surface area contributed by atoms with Crippen LogP contribution in [-0.4, -0.2) is 17.6 Å². The third-order valence-corrected chi connectivity index (χ3v) is 5.01. The highest BCUT2D eigenvalue weighted by atomic mass is 35.5. The number of ether oxygens (including phenoxy) is 1. The fraction of sp³-hybridized carbons (Fsp3) is 0.0769. The summed E-state index contributed by atoms with van der Waals surface area (Å²) in [4.78, 5) is 17.8. The summed E-state index contributed by atoms with van der Waals surface area (Å²) in [5, 5.41) is 3.93. The van der Waals surface area contributed by atoms with E-state index in [0.29, 0.717) is 16.4 Å². The molecule has 4 nitrogen and oxygen atoms in total. The minimum atomic E-state index is -0.432. The molecule has 3 aromatic carbocycles. The van der Waals surface area contributed by atoms with Crippen LogP contribution in [-0.2, 0) is 4.74 Å². The Hall–Kier alpha value is -3.63. The Morgan fingerprint density at radius 3 is 2.19 bits per heavy atom. The van der Waals surface area contributed by atoms with Gasteiger partial charge in [0, 0.05) is 21.8 Å². The molecule has 1 heterocycles. The zero-order valence-corrected chi connectivity index (χ0v) is 17.8. The topological polar surface area (TPSA) is 51.2 Å². The molecule has 0 fully saturated rings. The predicted molar refractivity (Wildman–Crippen MR) is 126 cm³/mol. The number of carbonyl (C=O) groups excluding carboxylic acids is 1. The van der Waals surface area contributed by atoms with Crippen LogP contribution in [0.5, 0.6) is 0 Å². The largest absolute Gasteiger partial charge is 0.462 e. The summed E-state index contributed by atoms with van der Waals surface area (Å²) in [5.41, 5.74) is 4.48. The van der Waals surface area contributed by atoms with Gasteiger partial charge in [-0.2, -0.15) is 0 Å². The second-order valence-electron chi connectivity index (χ2n) is 6.86. The number of hydrogen-bond donors (Lipinski definition) is 1. The van der Waals surface area contributed by atoms with Gasteiger partial charge >= 0.3 is 5.97 Å². The van der Waals surface area contributed by atoms with Gasteiger partial charge in [0.2, 0.25) is 0 Å². The fourth-order valence-corrected chi connectivity index (χ4v) is 3.44. The van der Waals surface area contributed by atoms with Crippen LogP contribution in [0.25, 0.3) is 22.4 Å². The van der Waals surface area contributed by atoms with Gasteiger partial charge in [0.25, 0.3) is 0 Å². The number of carbonyl (C=O) groups is 1. The average molecular weight is 429 g/mol. The number of benzene rings is 3. The molecule has 0 saturated carbocycles. The summed E-state index contributed by atoms with van der Waals surface area (Å²) in [6, 6.07) is 28.8. The van der Waals surface area contributed by atoms with E-state index in [1.165, 1.54) is 0 Å². The van der Waals surface area contributed by atoms with Crippen LogP contribution in [0.2, 0.25) is 5.02 Å². The van der Waals surface area contributed by atoms with E-state index in [-0.39, 0.29) is 6.61 Å². The molecule has 0 aliphatic rings. The minimum absolute atomic E-state index is 0.268. The highest BCUT2D eigenvalue weighted by molar-refractivity contribution is 6.30. The third kappa shape index (κ3) is 4.76. The zero-order valence-electron chi connectivity index (χ0n) is 17.0. The Morgan fingerprint density at radius 2 is 1.55 bits per heavy atom. The molecule has 0 aliphatic heterocycles. The zero-order chi connectivity index (χ0) is 21.6. The molecule has 5 heteroatoms. The maximum atomic E-state index is 13.0. The minimum Gasteiger partial charge on any atom is -0.462 e. The molecule has 0 unspecified atom stereocenters. The van der Waals surface area contributed by atoms with Gasteiger partial charge in [0.15, 0.2) is 0 Å². The van der Waals surface area contributed by atoms with Crippen LogP contribution in [0, 0.1) is 0 Å². The van der Waals surface area contributed by atoms with Crippen LogP contribution in [0.1, 0.15) is 17.3 Å². The SMILES string of the molecule is CCOC(=O)c1c(-c2ccc(Cl)cc2)cc(-c2ccccc2)nc1Nc1ccccc1. The summed E-state index contributed by atoms with van der Waals surface area (Å²) >= 11 is 6.10. The molecule has 0 atom stereocenters. The molecular weight excluding hydrogens is 408 g/mol. The van der Waals surface area contributed by atoms with Crippen molar-refractivity contribution < 1.29 is 9.53 Å². The Labute approximate surface area is 186 Å². The molecule has 1 aromatic heterocycles. The Morgan fingerprint density at radius 1 is 0.903 bits per heavy atom. The lowest BCUT2D eigenvalue weighted by Gasteiger charge is -2.17. The number of rotatable bonds is 6. The summed E-state index contributed by atoms with van der Waals surface area (Å²) in [7, 11) is 0. The molecule has 31 heavy (non-hydrogen) atoms. The molecular formula is C26H21ClN2O2. The fourth-order valence-electron chi connectivity index (χ4n) is 3.32. The Bertz CT molecular complexity index is 1180. The summed E-state index contributed by atoms with van der Waals surface area (Å²) < 4.78 is 5.39. The van der Waals surface area contributed by atoms with E-state index in [2.05, 4.69) is 5.32 Å². The molecule has 0 spiro atoms. The van der Waals surface area contributed by atoms with Gasteiger partial charge in [-0.25, -0.2) is 9.78 Å². The number of aromatic nitrogens is 1. The van der Waals surface area contributed by atoms with E-state index in [1.54, 1.807) is 19.1 Å². The quantitative estimate of drug-likeness (QED) is 0.336. The third-order valence-electron chi connectivity index (χ3n) is 4.76. The highest BCUT2D eigenvalue weighted by Gasteiger charge is 2.22. The van der Waals surface area contributed by atoms with Crippen LogP contribution in [0.15, 0.2) is 91.0 Å². The number of nitrogens with zero attached hydrogens (tertiary/aromatic N) is 1. The van der Waals surface area contributed by atoms with Crippen molar-refractivity contribution in [3.8, 4) is 22.4 Å². The number of anilines is 2. The normalized spacial score (nSPS) is 10.5. The van der Waals surface area contributed by atoms with E-state index in [1.807, 2.05) is 78.9 Å². The number of esters is 1. The first-order valence-corrected chi connectivity index (χ1v) is 10.4. The lowest BCUT2D eigenvalue weighted by molar-refractivity contribution is 0.0528. The number of hydrogen-bond acceptors (Lipinski definition) is 4. The van der Waals surface area contributed by atoms with Crippen LogP contribution >= 0.6 is 11.6 Å². The van der Waals surface area contributed by atoms with Gasteiger partial charge < -0.3 is 10.1 Å². The van der Waals surface area contributed by atoms with Crippen molar-refractivity contribution in [2.45, 2.75) is 6.92 Å². The molecule has 0 amide bonds. The van der Waals surface area contributed by atoms with Crippen LogP contribution < -0.4 is 5.32 Å². The molecule has 0 radical (unpaired) electrons. The lowest BCUT2D eigenvalue weighted by Crippen LogP contribution is -2.12. The van der Waals surface area contributed by atoms with Crippen LogP contribution in [0.4, 0.5) is 11.5 Å². The van der Waals surface area contributed by atoms with Crippen molar-refractivity contribution in [3.63, 3.8) is 0 Å². The first kappa shape index (κ1) is 20.6. The standard InChI is InChI=1S/C26H21ClN2O2/c1-2-31-26(30)24-22(18-13-15-20(27)16-14-18)17-23(19-9-5-3-6-10-19)29-25(24)28-21-11-7-4-8-12-21/h3-17H,2H2,1H3,(H,28,29). The first-order chi connectivity index (χ1) is 15.2. The summed E-state index contributed by atoms with van der Waals surface area (Å²) in [5.74, 6) is 0.00828. The first-order valence-electron chi connectivity index (χ1n) is 10.0. The van der Waals surface area contributed by atoms with Gasteiger partial charge in [-0.05, 0) is 42.8 Å². The van der Waals surface area contributed by atoms with Crippen molar-refractivity contribution in [3.05, 3.63) is 102 Å². The van der Waals surface area contributed by atoms with Gasteiger partial charge in [0.05, 0.1) is 12.3 Å². The van der Waals surface area contributed by atoms with Crippen molar-refractivity contribution in [2.24, 2.45) is 0 Å². The van der Waals surface area contributed by atoms with Gasteiger partial charge in [-0.1, -0.05) is 72.3 Å². The molecule has 0 bridgehead atoms. The van der Waals surface area contributed by atoms with Crippen molar-refractivity contribution >= 4 is 29.1 Å². The van der Waals surface area contributed by atoms with Crippen LogP contribution in [0.3, 0.4) is 0 Å². The summed E-state index contributed by atoms with van der Waals surface area (Å²) in [6.45, 7) is 2.06. The van der Waals surface area contributed by atoms with E-state index in [4.69, 9.17) is 21.3 Å². The molecule has 0 aliphatic carbocycles. The van der Waals surface area contributed by atoms with Gasteiger partial charge in [-0.15, -0.1) is 0 Å². The van der Waals surface area contributed by atoms with Gasteiger partial charge in [0.1, 0.15) is 11.4 Å². The molecule has 4 aromatic rings. The maximum Gasteiger partial charge on any atom is 0.342 e. The van der Waals surface area contributed by atoms with E-state index < -0.39 is 5.97 Å². The Balaban J connectivity index is 1.96. The van der Waals surface area contributed by atoms with Crippen molar-refractivity contribution in [2.75, 3.05) is 11.9 Å². The van der Waals surface area contributed by atoms with Crippen molar-refractivity contribution in [1.29, 1.82) is 0 Å². The number of nitrogens with one attached hydrogen (secondary N) is 1. The number of para-hydroxylation sites is 1. The smallest absolute Gasteiger partial charge is 0.342 e. The monoisotopic (exact) mass is 428 g/mol. The number of halogens is 1. The second-order valence-corrected chi connectivity index (χ2v) is 7.30. The molecule has 154 valence electrons. The molecule has 4 rings (SSSR count). The molecule has 0 saturated heterocycles. The lowest BCUT2D eigenvalue weighted by atomic mass is 9.97. The van der Waals surface area contributed by atoms with E-state index in [0.717, 1.165) is 28.1 Å². The van der Waals surface area contributed by atoms with E-state index in [9.17, 15) is 4.79 Å². The molecule has 1 N–H and O–H groups in total. The van der Waals surface area contributed by atoms with Crippen molar-refractivity contribution in [1.82, 2.24) is 4.98 Å². The average Bonchev–Trinajstić information content (AvgIpc) is 2.80. The summed E-state index contributed by atoms with van der Waals surface area (Å²) in [6.07, 6.45) is 0. The van der Waals surface area contributed by atoms with E-state index >= 15 is 0 Å². The predicted octanol–water partition coefficient (Wildman–Crippen LogP) is 6.99. The Kier molecular flexibility index (Phi) is 6.29. The second kappa shape index (κ2) is 9.45. The van der Waals surface area contributed by atoms with Gasteiger partial charge in [-0.3, -0.25) is 0 Å². The number of pyridine rings is 1. The highest BCUT2D eigenvalue weighted by Crippen LogP contribution is 2.35. The maximum absolute atomic E-state index is 13.0.